The molecule has 1 saturated carbocycles. The number of likely N-dealkylation sites (tertiary alicyclic amines) is 1. The molecular weight excluding hydrogens is 350 g/mol. The molecule has 8 heteroatoms. The fourth-order valence-electron chi connectivity index (χ4n) is 3.85. The third-order valence-corrected chi connectivity index (χ3v) is 6.41. The zero-order chi connectivity index (χ0) is 18.4. The number of hydrogen-bond acceptors (Lipinski definition) is 5. The van der Waals surface area contributed by atoms with Gasteiger partial charge in [0.15, 0.2) is 5.16 Å². The Morgan fingerprint density at radius 3 is 2.85 bits per heavy atom. The summed E-state index contributed by atoms with van der Waals surface area (Å²) >= 11 is 1.58. The number of nitrogens with one attached hydrogen (secondary N) is 1. The number of thioether (sulfide) groups is 1. The molecule has 0 aromatic carbocycles. The minimum absolute atomic E-state index is 0.0730. The van der Waals surface area contributed by atoms with Crippen LogP contribution in [0.15, 0.2) is 11.5 Å². The molecule has 26 heavy (non-hydrogen) atoms. The third-order valence-electron chi connectivity index (χ3n) is 5.38. The molecule has 7 nitrogen and oxygen atoms in total. The number of rotatable bonds is 7. The van der Waals surface area contributed by atoms with Crippen LogP contribution in [0.4, 0.5) is 0 Å². The highest BCUT2D eigenvalue weighted by molar-refractivity contribution is 7.99. The smallest absolute Gasteiger partial charge is 0.224 e. The zero-order valence-corrected chi connectivity index (χ0v) is 16.3. The summed E-state index contributed by atoms with van der Waals surface area (Å²) in [4.78, 5) is 26.7. The van der Waals surface area contributed by atoms with Crippen LogP contribution >= 0.6 is 11.8 Å². The van der Waals surface area contributed by atoms with Crippen LogP contribution in [0.3, 0.4) is 0 Å². The van der Waals surface area contributed by atoms with Gasteiger partial charge in [-0.3, -0.25) is 9.59 Å². The average Bonchev–Trinajstić information content (AvgIpc) is 3.06. The molecule has 2 heterocycles. The van der Waals surface area contributed by atoms with Crippen molar-refractivity contribution < 1.29 is 9.59 Å². The van der Waals surface area contributed by atoms with Crippen molar-refractivity contribution in [1.82, 2.24) is 25.0 Å². The molecule has 0 radical (unpaired) electrons. The van der Waals surface area contributed by atoms with E-state index < -0.39 is 0 Å². The lowest BCUT2D eigenvalue weighted by Crippen LogP contribution is -2.47. The summed E-state index contributed by atoms with van der Waals surface area (Å²) in [6.07, 6.45) is 9.16. The predicted molar refractivity (Wildman–Crippen MR) is 101 cm³/mol. The van der Waals surface area contributed by atoms with Crippen LogP contribution in [-0.4, -0.2) is 56.9 Å². The zero-order valence-electron chi connectivity index (χ0n) is 15.5. The number of carbonyl (C=O) groups excluding carboxylic acids is 2. The number of hydrogen-bond donors (Lipinski definition) is 1. The van der Waals surface area contributed by atoms with E-state index in [2.05, 4.69) is 15.5 Å². The minimum Gasteiger partial charge on any atom is -0.355 e. The van der Waals surface area contributed by atoms with Gasteiger partial charge < -0.3 is 14.8 Å². The average molecular weight is 380 g/mol. The van der Waals surface area contributed by atoms with Crippen LogP contribution in [0.2, 0.25) is 0 Å². The second kappa shape index (κ2) is 9.39. The quantitative estimate of drug-likeness (QED) is 0.578. The van der Waals surface area contributed by atoms with Crippen molar-refractivity contribution in [1.29, 1.82) is 0 Å². The molecule has 1 aromatic heterocycles. The van der Waals surface area contributed by atoms with Crippen molar-refractivity contribution in [3.63, 3.8) is 0 Å². The number of piperidine rings is 1. The van der Waals surface area contributed by atoms with E-state index in [0.29, 0.717) is 31.8 Å². The van der Waals surface area contributed by atoms with Gasteiger partial charge in [0.25, 0.3) is 0 Å². The Kier molecular flexibility index (Phi) is 6.93. The van der Waals surface area contributed by atoms with Gasteiger partial charge in [-0.2, -0.15) is 0 Å². The van der Waals surface area contributed by atoms with Crippen molar-refractivity contribution in [3.05, 3.63) is 6.33 Å². The van der Waals surface area contributed by atoms with E-state index >= 15 is 0 Å². The van der Waals surface area contributed by atoms with Crippen LogP contribution < -0.4 is 5.32 Å². The van der Waals surface area contributed by atoms with E-state index in [1.165, 1.54) is 32.1 Å². The molecule has 3 rings (SSSR count). The summed E-state index contributed by atoms with van der Waals surface area (Å²) in [7, 11) is 1.90. The highest BCUT2D eigenvalue weighted by atomic mass is 32.2. The number of aromatic nitrogens is 3. The van der Waals surface area contributed by atoms with Crippen molar-refractivity contribution in [3.8, 4) is 0 Å². The Morgan fingerprint density at radius 1 is 1.31 bits per heavy atom. The first kappa shape index (κ1) is 19.2. The maximum atomic E-state index is 12.5. The Bertz CT molecular complexity index is 614. The molecule has 1 aliphatic carbocycles. The Balaban J connectivity index is 1.40. The molecule has 2 aliphatic rings. The first-order chi connectivity index (χ1) is 12.6. The summed E-state index contributed by atoms with van der Waals surface area (Å²) in [5.41, 5.74) is 0. The molecular formula is C18H29N5O2S. The first-order valence-corrected chi connectivity index (χ1v) is 10.6. The van der Waals surface area contributed by atoms with Gasteiger partial charge in [-0.05, 0) is 25.2 Å². The first-order valence-electron chi connectivity index (χ1n) is 9.65. The van der Waals surface area contributed by atoms with Crippen LogP contribution in [0.1, 0.15) is 44.9 Å². The van der Waals surface area contributed by atoms with Crippen molar-refractivity contribution in [2.24, 2.45) is 18.9 Å². The molecule has 1 unspecified atom stereocenters. The fourth-order valence-corrected chi connectivity index (χ4v) is 4.59. The summed E-state index contributed by atoms with van der Waals surface area (Å²) in [5.74, 6) is 1.60. The van der Waals surface area contributed by atoms with Crippen molar-refractivity contribution in [2.45, 2.75) is 50.1 Å². The van der Waals surface area contributed by atoms with E-state index in [9.17, 15) is 9.59 Å². The second-order valence-corrected chi connectivity index (χ2v) is 8.46. The van der Waals surface area contributed by atoms with Gasteiger partial charge in [0.1, 0.15) is 6.33 Å². The normalized spacial score (nSPS) is 21.8. The maximum Gasteiger partial charge on any atom is 0.224 e. The molecule has 1 aliphatic heterocycles. The molecule has 1 saturated heterocycles. The minimum atomic E-state index is -0.0730. The Labute approximate surface area is 159 Å². The standard InChI is InChI=1S/C18H29N5O2S/c1-22-13-20-21-18(22)26-10-9-19-17(25)15-7-8-16(24)23(12-15)11-14-5-3-2-4-6-14/h13-15H,2-12H2,1H3,(H,19,25). The number of nitrogens with zero attached hydrogens (tertiary/aromatic N) is 4. The molecule has 2 amide bonds. The highest BCUT2D eigenvalue weighted by Crippen LogP contribution is 2.27. The molecule has 1 aromatic rings. The fraction of sp³-hybridized carbons (Fsp3) is 0.778. The van der Waals surface area contributed by atoms with E-state index in [1.807, 2.05) is 16.5 Å². The Hall–Kier alpha value is -1.57. The lowest BCUT2D eigenvalue weighted by Gasteiger charge is -2.35. The van der Waals surface area contributed by atoms with Gasteiger partial charge >= 0.3 is 0 Å². The summed E-state index contributed by atoms with van der Waals surface area (Å²) in [6, 6.07) is 0. The van der Waals surface area contributed by atoms with Crippen molar-refractivity contribution in [2.75, 3.05) is 25.4 Å². The van der Waals surface area contributed by atoms with Crippen LogP contribution in [0.25, 0.3) is 0 Å². The summed E-state index contributed by atoms with van der Waals surface area (Å²) in [6.45, 7) is 2.02. The monoisotopic (exact) mass is 379 g/mol. The maximum absolute atomic E-state index is 12.5. The van der Waals surface area contributed by atoms with Crippen molar-refractivity contribution >= 4 is 23.6 Å². The lowest BCUT2D eigenvalue weighted by atomic mass is 9.87. The topological polar surface area (TPSA) is 80.1 Å². The van der Waals surface area contributed by atoms with Crippen LogP contribution in [-0.2, 0) is 16.6 Å². The number of aryl methyl sites for hydroxylation is 1. The lowest BCUT2D eigenvalue weighted by molar-refractivity contribution is -0.139. The van der Waals surface area contributed by atoms with Gasteiger partial charge in [-0.25, -0.2) is 0 Å². The number of carbonyl (C=O) groups is 2. The number of amides is 2. The van der Waals surface area contributed by atoms with Crippen LogP contribution in [0, 0.1) is 11.8 Å². The van der Waals surface area contributed by atoms with Gasteiger partial charge in [0, 0.05) is 38.9 Å². The SMILES string of the molecule is Cn1cnnc1SCCNC(=O)C1CCC(=O)N(CC2CCCCC2)C1. The molecule has 144 valence electrons. The van der Waals surface area contributed by atoms with Gasteiger partial charge in [-0.15, -0.1) is 10.2 Å². The van der Waals surface area contributed by atoms with E-state index in [1.54, 1.807) is 18.1 Å². The highest BCUT2D eigenvalue weighted by Gasteiger charge is 2.31. The molecule has 2 fully saturated rings. The van der Waals surface area contributed by atoms with Gasteiger partial charge in [0.2, 0.25) is 11.8 Å². The largest absolute Gasteiger partial charge is 0.355 e. The summed E-state index contributed by atoms with van der Waals surface area (Å²) < 4.78 is 1.86. The van der Waals surface area contributed by atoms with E-state index in [0.717, 1.165) is 17.5 Å². The van der Waals surface area contributed by atoms with E-state index in [-0.39, 0.29) is 17.7 Å². The second-order valence-electron chi connectivity index (χ2n) is 7.40. The molecule has 1 atom stereocenters. The summed E-state index contributed by atoms with van der Waals surface area (Å²) in [5, 5.41) is 11.7. The predicted octanol–water partition coefficient (Wildman–Crippen LogP) is 1.84. The van der Waals surface area contributed by atoms with Crippen LogP contribution in [0.5, 0.6) is 0 Å². The molecule has 1 N–H and O–H groups in total. The molecule has 0 spiro atoms. The Morgan fingerprint density at radius 2 is 2.12 bits per heavy atom. The van der Waals surface area contributed by atoms with Gasteiger partial charge in [-0.1, -0.05) is 31.0 Å². The van der Waals surface area contributed by atoms with Gasteiger partial charge in [0.05, 0.1) is 5.92 Å². The molecule has 0 bridgehead atoms. The van der Waals surface area contributed by atoms with E-state index in [4.69, 9.17) is 0 Å². The third kappa shape index (κ3) is 5.22.